The van der Waals surface area contributed by atoms with Crippen molar-refractivity contribution in [2.24, 2.45) is 20.5 Å². The van der Waals surface area contributed by atoms with Crippen LogP contribution in [0.25, 0.3) is 0 Å². The van der Waals surface area contributed by atoms with E-state index < -0.39 is 11.7 Å². The number of benzene rings is 3. The minimum atomic E-state index is -4.37. The summed E-state index contributed by atoms with van der Waals surface area (Å²) in [5.74, 6) is 0. The molecule has 0 spiro atoms. The van der Waals surface area contributed by atoms with Crippen LogP contribution in [-0.2, 0) is 10.9 Å². The van der Waals surface area contributed by atoms with E-state index in [-0.39, 0.29) is 0 Å². The van der Waals surface area contributed by atoms with Gasteiger partial charge in [0, 0.05) is 18.8 Å². The van der Waals surface area contributed by atoms with E-state index in [1.165, 1.54) is 12.1 Å². The number of halogens is 3. The van der Waals surface area contributed by atoms with E-state index in [0.717, 1.165) is 55.4 Å². The molecule has 0 aromatic heterocycles. The lowest BCUT2D eigenvalue weighted by Gasteiger charge is -2.28. The summed E-state index contributed by atoms with van der Waals surface area (Å²) in [5.41, 5.74) is 3.59. The number of morpholine rings is 1. The summed E-state index contributed by atoms with van der Waals surface area (Å²) < 4.78 is 43.3. The molecule has 3 aromatic carbocycles. The Morgan fingerprint density at radius 3 is 1.88 bits per heavy atom. The third kappa shape index (κ3) is 6.01. The zero-order valence-electron chi connectivity index (χ0n) is 18.0. The first-order chi connectivity index (χ1) is 15.9. The van der Waals surface area contributed by atoms with E-state index in [2.05, 4.69) is 25.4 Å². The van der Waals surface area contributed by atoms with Crippen LogP contribution in [0.1, 0.15) is 11.1 Å². The van der Waals surface area contributed by atoms with Gasteiger partial charge in [-0.3, -0.25) is 0 Å². The minimum absolute atomic E-state index is 0.340. The number of azo groups is 2. The maximum atomic E-state index is 12.7. The smallest absolute Gasteiger partial charge is 0.378 e. The molecule has 0 saturated carbocycles. The van der Waals surface area contributed by atoms with Crippen molar-refractivity contribution >= 4 is 28.4 Å². The molecule has 3 aromatic rings. The highest BCUT2D eigenvalue weighted by Crippen LogP contribution is 2.31. The molecule has 0 radical (unpaired) electrons. The number of rotatable bonds is 5. The number of anilines is 1. The van der Waals surface area contributed by atoms with Crippen LogP contribution in [0, 0.1) is 6.92 Å². The summed E-state index contributed by atoms with van der Waals surface area (Å²) >= 11 is 0. The van der Waals surface area contributed by atoms with Gasteiger partial charge in [-0.2, -0.15) is 33.6 Å². The van der Waals surface area contributed by atoms with Crippen LogP contribution in [-0.4, -0.2) is 26.3 Å². The number of aryl methyl sites for hydroxylation is 1. The molecule has 33 heavy (non-hydrogen) atoms. The van der Waals surface area contributed by atoms with Crippen LogP contribution in [0.4, 0.5) is 41.6 Å². The monoisotopic (exact) mass is 453 g/mol. The second kappa shape index (κ2) is 9.91. The van der Waals surface area contributed by atoms with Gasteiger partial charge in [0.15, 0.2) is 0 Å². The summed E-state index contributed by atoms with van der Waals surface area (Å²) in [5, 5.41) is 16.7. The van der Waals surface area contributed by atoms with Crippen molar-refractivity contribution in [2.75, 3.05) is 31.2 Å². The van der Waals surface area contributed by atoms with Crippen molar-refractivity contribution in [2.45, 2.75) is 13.1 Å². The molecule has 170 valence electrons. The van der Waals surface area contributed by atoms with Crippen LogP contribution in [0.5, 0.6) is 0 Å². The summed E-state index contributed by atoms with van der Waals surface area (Å²) in [6.45, 7) is 5.09. The van der Waals surface area contributed by atoms with Gasteiger partial charge in [-0.05, 0) is 79.2 Å². The molecule has 1 saturated heterocycles. The fourth-order valence-electron chi connectivity index (χ4n) is 3.31. The van der Waals surface area contributed by atoms with Crippen molar-refractivity contribution in [1.82, 2.24) is 0 Å². The number of ether oxygens (including phenoxy) is 1. The lowest BCUT2D eigenvalue weighted by molar-refractivity contribution is -0.137. The molecule has 0 bridgehead atoms. The van der Waals surface area contributed by atoms with Crippen molar-refractivity contribution in [3.63, 3.8) is 0 Å². The van der Waals surface area contributed by atoms with Crippen LogP contribution in [0.2, 0.25) is 0 Å². The summed E-state index contributed by atoms with van der Waals surface area (Å²) in [6.07, 6.45) is -4.37. The average molecular weight is 453 g/mol. The fourth-order valence-corrected chi connectivity index (χ4v) is 3.31. The maximum Gasteiger partial charge on any atom is 0.416 e. The molecule has 9 heteroatoms. The molecule has 0 aliphatic carbocycles. The first-order valence-corrected chi connectivity index (χ1v) is 10.4. The van der Waals surface area contributed by atoms with Gasteiger partial charge in [-0.1, -0.05) is 0 Å². The molecular formula is C24H22F3N5O. The Balaban J connectivity index is 1.40. The lowest BCUT2D eigenvalue weighted by Crippen LogP contribution is -2.36. The predicted octanol–water partition coefficient (Wildman–Crippen LogP) is 7.68. The molecule has 0 amide bonds. The average Bonchev–Trinajstić information content (AvgIpc) is 2.83. The van der Waals surface area contributed by atoms with Gasteiger partial charge in [0.05, 0.1) is 41.5 Å². The number of alkyl halides is 3. The number of hydrogen-bond donors (Lipinski definition) is 0. The van der Waals surface area contributed by atoms with E-state index in [0.29, 0.717) is 17.1 Å². The second-order valence-corrected chi connectivity index (χ2v) is 7.53. The predicted molar refractivity (Wildman–Crippen MR) is 120 cm³/mol. The van der Waals surface area contributed by atoms with E-state index in [1.54, 1.807) is 12.1 Å². The Bertz CT molecular complexity index is 1140. The largest absolute Gasteiger partial charge is 0.416 e. The first kappa shape index (κ1) is 22.6. The van der Waals surface area contributed by atoms with Crippen molar-refractivity contribution in [3.8, 4) is 0 Å². The van der Waals surface area contributed by atoms with Crippen LogP contribution in [0.3, 0.4) is 0 Å². The Hall–Kier alpha value is -3.59. The second-order valence-electron chi connectivity index (χ2n) is 7.53. The Labute approximate surface area is 189 Å². The van der Waals surface area contributed by atoms with Gasteiger partial charge >= 0.3 is 6.18 Å². The van der Waals surface area contributed by atoms with Crippen molar-refractivity contribution < 1.29 is 17.9 Å². The molecule has 4 rings (SSSR count). The Morgan fingerprint density at radius 2 is 1.27 bits per heavy atom. The quantitative estimate of drug-likeness (QED) is 0.372. The van der Waals surface area contributed by atoms with Crippen LogP contribution >= 0.6 is 0 Å². The van der Waals surface area contributed by atoms with Crippen molar-refractivity contribution in [3.05, 3.63) is 77.9 Å². The molecule has 1 aliphatic heterocycles. The van der Waals surface area contributed by atoms with E-state index in [4.69, 9.17) is 4.74 Å². The zero-order valence-corrected chi connectivity index (χ0v) is 18.0. The molecule has 1 aliphatic rings. The molecule has 1 fully saturated rings. The van der Waals surface area contributed by atoms with Gasteiger partial charge in [0.2, 0.25) is 0 Å². The van der Waals surface area contributed by atoms with E-state index in [1.807, 2.05) is 37.3 Å². The standard InChI is InChI=1S/C24H22F3N5O/c1-17-16-21(30-28-20-6-9-22(10-7-20)32-12-14-33-15-13-32)8-11-23(17)31-29-19-4-2-18(3-5-19)24(25,26)27/h2-11,16H,12-15H2,1H3. The topological polar surface area (TPSA) is 61.9 Å². The van der Waals surface area contributed by atoms with Crippen LogP contribution in [0.15, 0.2) is 87.2 Å². The number of nitrogens with zero attached hydrogens (tertiary/aromatic N) is 5. The van der Waals surface area contributed by atoms with E-state index in [9.17, 15) is 13.2 Å². The minimum Gasteiger partial charge on any atom is -0.378 e. The molecule has 0 atom stereocenters. The summed E-state index contributed by atoms with van der Waals surface area (Å²) in [7, 11) is 0. The molecule has 0 unspecified atom stereocenters. The van der Waals surface area contributed by atoms with Gasteiger partial charge in [-0.25, -0.2) is 0 Å². The number of hydrogen-bond acceptors (Lipinski definition) is 6. The normalized spacial score (nSPS) is 15.0. The third-order valence-electron chi connectivity index (χ3n) is 5.16. The van der Waals surface area contributed by atoms with Gasteiger partial charge in [0.1, 0.15) is 0 Å². The summed E-state index contributed by atoms with van der Waals surface area (Å²) in [4.78, 5) is 2.27. The highest BCUT2D eigenvalue weighted by atomic mass is 19.4. The summed E-state index contributed by atoms with van der Waals surface area (Å²) in [6, 6.07) is 17.8. The Kier molecular flexibility index (Phi) is 6.79. The van der Waals surface area contributed by atoms with Crippen LogP contribution < -0.4 is 4.90 Å². The fraction of sp³-hybridized carbons (Fsp3) is 0.250. The maximum absolute atomic E-state index is 12.7. The first-order valence-electron chi connectivity index (χ1n) is 10.4. The highest BCUT2D eigenvalue weighted by molar-refractivity contribution is 5.55. The SMILES string of the molecule is Cc1cc(N=Nc2ccc(N3CCOCC3)cc2)ccc1N=Nc1ccc(C(F)(F)F)cc1. The Morgan fingerprint density at radius 1 is 0.727 bits per heavy atom. The van der Waals surface area contributed by atoms with E-state index >= 15 is 0 Å². The zero-order chi connectivity index (χ0) is 23.3. The van der Waals surface area contributed by atoms with Crippen molar-refractivity contribution in [1.29, 1.82) is 0 Å². The molecular weight excluding hydrogens is 431 g/mol. The van der Waals surface area contributed by atoms with Gasteiger partial charge < -0.3 is 9.64 Å². The van der Waals surface area contributed by atoms with Gasteiger partial charge in [-0.15, -0.1) is 0 Å². The molecule has 0 N–H and O–H groups in total. The van der Waals surface area contributed by atoms with Gasteiger partial charge in [0.25, 0.3) is 0 Å². The lowest BCUT2D eigenvalue weighted by atomic mass is 10.2. The molecule has 6 nitrogen and oxygen atoms in total. The molecule has 1 heterocycles. The third-order valence-corrected chi connectivity index (χ3v) is 5.16. The highest BCUT2D eigenvalue weighted by Gasteiger charge is 2.29.